The highest BCUT2D eigenvalue weighted by Gasteiger charge is 2.28. The molecule has 0 saturated carbocycles. The van der Waals surface area contributed by atoms with Gasteiger partial charge in [0.05, 0.1) is 0 Å². The molecule has 0 spiro atoms. The van der Waals surface area contributed by atoms with Crippen molar-refractivity contribution in [1.29, 1.82) is 0 Å². The van der Waals surface area contributed by atoms with E-state index in [4.69, 9.17) is 133 Å². The fraction of sp³-hybridized carbons (Fsp3) is 0. The van der Waals surface area contributed by atoms with E-state index in [0.29, 0.717) is 0 Å². The van der Waals surface area contributed by atoms with Gasteiger partial charge in [0, 0.05) is 16.5 Å². The maximum Gasteiger partial charge on any atom is 0.171 e. The van der Waals surface area contributed by atoms with Crippen molar-refractivity contribution < 1.29 is 20.4 Å². The number of rotatable bonds is 3. The van der Waals surface area contributed by atoms with Crippen LogP contribution in [0.25, 0.3) is 66.5 Å². The van der Waals surface area contributed by atoms with Crippen LogP contribution in [-0.4, -0.2) is 169 Å². The molecule has 57 heavy (non-hydrogen) atoms. The topological polar surface area (TPSA) is 120 Å². The van der Waals surface area contributed by atoms with Gasteiger partial charge in [-0.2, -0.15) is 0 Å². The molecule has 0 unspecified atom stereocenters. The maximum atomic E-state index is 11.5. The van der Waals surface area contributed by atoms with Crippen LogP contribution in [0.3, 0.4) is 0 Å². The van der Waals surface area contributed by atoms with Crippen molar-refractivity contribution in [3.05, 3.63) is 0 Å². The average molecular weight is 690 g/mol. The molecule has 4 N–H and O–H groups in total. The predicted octanol–water partition coefficient (Wildman–Crippen LogP) is -13.4. The molecule has 24 heteroatoms. The van der Waals surface area contributed by atoms with Crippen molar-refractivity contribution in [2.45, 2.75) is 0 Å². The van der Waals surface area contributed by atoms with Gasteiger partial charge in [-0.3, -0.25) is 0 Å². The van der Waals surface area contributed by atoms with Crippen LogP contribution in [0.5, 0.6) is 23.0 Å². The molecule has 6 aromatic carbocycles. The van der Waals surface area contributed by atoms with Crippen LogP contribution >= 0.6 is 0 Å². The van der Waals surface area contributed by atoms with Crippen molar-refractivity contribution in [1.82, 2.24) is 15.0 Å². The first-order valence-electron chi connectivity index (χ1n) is 16.1. The third-order valence-corrected chi connectivity index (χ3v) is 10.1. The lowest BCUT2D eigenvalue weighted by atomic mass is 9.60. The van der Waals surface area contributed by atoms with Gasteiger partial charge in [-0.25, -0.2) is 15.0 Å². The van der Waals surface area contributed by atoms with Gasteiger partial charge < -0.3 is 20.4 Å². The Morgan fingerprint density at radius 3 is 0.965 bits per heavy atom. The number of phenolic OH excluding ortho intramolecular Hbond substituents is 4. The van der Waals surface area contributed by atoms with Crippen molar-refractivity contribution in [2.75, 3.05) is 0 Å². The average Bonchev–Trinajstić information content (AvgIpc) is 3.18. The van der Waals surface area contributed by atoms with E-state index in [1.54, 1.807) is 0 Å². The molecular formula is C33H4B17N3O4. The molecule has 0 aliphatic heterocycles. The highest BCUT2D eigenvalue weighted by atomic mass is 16.3. The number of nitrogens with zero attached hydrogens (tertiary/aromatic N) is 3. The summed E-state index contributed by atoms with van der Waals surface area (Å²) in [6.45, 7) is 0. The molecular weight excluding hydrogens is 686 g/mol. The summed E-state index contributed by atoms with van der Waals surface area (Å²) >= 11 is 0. The van der Waals surface area contributed by atoms with E-state index in [1.165, 1.54) is 0 Å². The van der Waals surface area contributed by atoms with Crippen LogP contribution in [0, 0.1) is 0 Å². The quantitative estimate of drug-likeness (QED) is 0.108. The van der Waals surface area contributed by atoms with Crippen LogP contribution < -0.4 is 92.9 Å². The molecule has 7 nitrogen and oxygen atoms in total. The lowest BCUT2D eigenvalue weighted by Crippen LogP contribution is -2.55. The molecule has 0 saturated heterocycles. The van der Waals surface area contributed by atoms with Gasteiger partial charge in [0.1, 0.15) is 162 Å². The minimum atomic E-state index is -0.792. The molecule has 7 aromatic rings. The van der Waals surface area contributed by atoms with Crippen LogP contribution in [0.15, 0.2) is 0 Å². The molecule has 7 rings (SSSR count). The first-order valence-corrected chi connectivity index (χ1v) is 16.1. The number of hydrogen-bond acceptors (Lipinski definition) is 7. The molecule has 34 radical (unpaired) electrons. The molecule has 226 valence electrons. The maximum absolute atomic E-state index is 11.5. The Kier molecular flexibility index (Phi) is 9.81. The number of fused-ring (bicyclic) bond motifs is 6. The fourth-order valence-electron chi connectivity index (χ4n) is 6.98. The van der Waals surface area contributed by atoms with Gasteiger partial charge in [-0.05, 0) is 32.4 Å². The second-order valence-corrected chi connectivity index (χ2v) is 13.1. The summed E-state index contributed by atoms with van der Waals surface area (Å²) < 4.78 is 0. The second-order valence-electron chi connectivity index (χ2n) is 13.1. The minimum Gasteiger partial charge on any atom is -0.509 e. The molecule has 1 heterocycles. The standard InChI is InChI=1S/C33H4B17N3O4/c34-10-1-2-3(17(41)30(57)23(47)13(2)37)5-6(27(54)24(48)20(44)12(5)36)4(1)11(35)14(38)7(10)31-51-32(8-15(39)18(42)21(45)19(43)16(8)40)53-33(52-31)9-28(55)25(49)22(46)26(50)29(9)56/h54-57H. The minimum absolute atomic E-state index is 0.0255. The summed E-state index contributed by atoms with van der Waals surface area (Å²) in [6, 6.07) is 0. The molecule has 0 atom stereocenters. The van der Waals surface area contributed by atoms with Gasteiger partial charge in [0.15, 0.2) is 17.5 Å². The molecule has 0 bridgehead atoms. The number of aromatic nitrogens is 3. The van der Waals surface area contributed by atoms with Gasteiger partial charge in [-0.1, -0.05) is 60.1 Å². The second kappa shape index (κ2) is 13.8. The van der Waals surface area contributed by atoms with Gasteiger partial charge >= 0.3 is 0 Å². The summed E-state index contributed by atoms with van der Waals surface area (Å²) in [5.41, 5.74) is -5.73. The Morgan fingerprint density at radius 1 is 0.211 bits per heavy atom. The van der Waals surface area contributed by atoms with E-state index < -0.39 is 51.1 Å². The third kappa shape index (κ3) is 5.48. The molecule has 0 aliphatic rings. The summed E-state index contributed by atoms with van der Waals surface area (Å²) in [6.07, 6.45) is 0. The van der Waals surface area contributed by atoms with E-state index in [-0.39, 0.29) is 131 Å². The zero-order valence-electron chi connectivity index (χ0n) is 29.4. The van der Waals surface area contributed by atoms with E-state index in [2.05, 4.69) is 15.0 Å². The number of phenols is 4. The lowest BCUT2D eigenvalue weighted by Gasteiger charge is -2.27. The molecule has 0 fully saturated rings. The number of aromatic hydroxyl groups is 4. The zero-order valence-corrected chi connectivity index (χ0v) is 29.4. The smallest absolute Gasteiger partial charge is 0.171 e. The number of benzene rings is 6. The SMILES string of the molecule is [B]c1c([B])c([B])c(-c2nc(-c3c(O)c([B])c([B])c([B])c3O)nc(-c3c([B])c([B])c4c(c3[B])c3c([B])c([B])c(O)c([B])c3c3c([B])c([B])c([B])c(O)c34)n2)c([B])c1[B]. The Labute approximate surface area is 349 Å². The lowest BCUT2D eigenvalue weighted by molar-refractivity contribution is 0.459. The highest BCUT2D eigenvalue weighted by molar-refractivity contribution is 6.71. The Balaban J connectivity index is 1.76. The first-order chi connectivity index (χ1) is 26.6. The van der Waals surface area contributed by atoms with Gasteiger partial charge in [0.2, 0.25) is 0 Å². The van der Waals surface area contributed by atoms with Gasteiger partial charge in [-0.15, -0.1) is 27.3 Å². The first kappa shape index (κ1) is 40.6. The summed E-state index contributed by atoms with van der Waals surface area (Å²) in [5.74, 6) is -4.14. The van der Waals surface area contributed by atoms with E-state index in [9.17, 15) is 20.4 Å². The number of hydrogen-bond donors (Lipinski definition) is 4. The Hall–Kier alpha value is -4.59. The largest absolute Gasteiger partial charge is 0.509 e. The van der Waals surface area contributed by atoms with Crippen LogP contribution in [0.4, 0.5) is 0 Å². The fourth-order valence-corrected chi connectivity index (χ4v) is 6.98. The van der Waals surface area contributed by atoms with Crippen molar-refractivity contribution >= 4 is 259 Å². The van der Waals surface area contributed by atoms with Crippen molar-refractivity contribution in [3.8, 4) is 57.2 Å². The highest BCUT2D eigenvalue weighted by Crippen LogP contribution is 2.37. The Bertz CT molecular complexity index is 2860. The van der Waals surface area contributed by atoms with E-state index in [0.717, 1.165) is 0 Å². The van der Waals surface area contributed by atoms with Crippen molar-refractivity contribution in [2.24, 2.45) is 0 Å². The summed E-state index contributed by atoms with van der Waals surface area (Å²) in [7, 11) is 108. The van der Waals surface area contributed by atoms with Gasteiger partial charge in [0.25, 0.3) is 0 Å². The molecule has 0 amide bonds. The molecule has 0 aliphatic carbocycles. The Morgan fingerprint density at radius 2 is 0.474 bits per heavy atom. The van der Waals surface area contributed by atoms with E-state index in [1.807, 2.05) is 0 Å². The molecule has 1 aromatic heterocycles. The monoisotopic (exact) mass is 693 g/mol. The van der Waals surface area contributed by atoms with Crippen LogP contribution in [-0.2, 0) is 0 Å². The summed E-state index contributed by atoms with van der Waals surface area (Å²) in [5, 5.41) is 44.5. The third-order valence-electron chi connectivity index (χ3n) is 10.1. The van der Waals surface area contributed by atoms with E-state index >= 15 is 0 Å². The normalized spacial score (nSPS) is 11.6. The van der Waals surface area contributed by atoms with Crippen LogP contribution in [0.2, 0.25) is 0 Å². The van der Waals surface area contributed by atoms with Crippen LogP contribution in [0.1, 0.15) is 0 Å². The van der Waals surface area contributed by atoms with Crippen molar-refractivity contribution in [3.63, 3.8) is 0 Å². The zero-order chi connectivity index (χ0) is 42.2. The summed E-state index contributed by atoms with van der Waals surface area (Å²) in [4.78, 5) is 13.5. The predicted molar refractivity (Wildman–Crippen MR) is 247 cm³/mol.